The molecule has 1 N–H and O–H groups in total. The molecule has 0 saturated heterocycles. The zero-order valence-electron chi connectivity index (χ0n) is 9.91. The van der Waals surface area contributed by atoms with Gasteiger partial charge in [-0.05, 0) is 13.0 Å². The number of ether oxygens (including phenoxy) is 1. The summed E-state index contributed by atoms with van der Waals surface area (Å²) in [5.41, 5.74) is -0.638. The first-order valence-electron chi connectivity index (χ1n) is 5.53. The van der Waals surface area contributed by atoms with Crippen LogP contribution in [0.5, 0.6) is 5.75 Å². The van der Waals surface area contributed by atoms with Crippen LogP contribution in [0.3, 0.4) is 0 Å². The zero-order chi connectivity index (χ0) is 13.5. The second-order valence-corrected chi connectivity index (χ2v) is 3.59. The number of nitrogens with zero attached hydrogens (tertiary/aromatic N) is 1. The van der Waals surface area contributed by atoms with E-state index in [1.54, 1.807) is 0 Å². The first-order chi connectivity index (χ1) is 8.56. The fraction of sp³-hybridized carbons (Fsp3) is 0.455. The maximum absolute atomic E-state index is 13.4. The van der Waals surface area contributed by atoms with E-state index in [-0.39, 0.29) is 6.61 Å². The van der Waals surface area contributed by atoms with Gasteiger partial charge in [-0.2, -0.15) is 0 Å². The molecule has 0 atom stereocenters. The third-order valence-electron chi connectivity index (χ3n) is 2.15. The summed E-state index contributed by atoms with van der Waals surface area (Å²) in [5.74, 6) is -2.73. The molecule has 0 amide bonds. The lowest BCUT2D eigenvalue weighted by Crippen LogP contribution is -2.22. The van der Waals surface area contributed by atoms with Crippen molar-refractivity contribution in [3.05, 3.63) is 33.9 Å². The summed E-state index contributed by atoms with van der Waals surface area (Å²) in [6, 6.07) is 1.27. The highest BCUT2D eigenvalue weighted by molar-refractivity contribution is 5.39. The molecule has 100 valence electrons. The van der Waals surface area contributed by atoms with Gasteiger partial charge in [0.2, 0.25) is 0 Å². The smallest absolute Gasteiger partial charge is 0.275 e. The summed E-state index contributed by atoms with van der Waals surface area (Å²) in [6.45, 7) is 3.31. The normalized spacial score (nSPS) is 10.4. The second-order valence-electron chi connectivity index (χ2n) is 3.59. The average molecular weight is 260 g/mol. The quantitative estimate of drug-likeness (QED) is 0.464. The molecular weight excluding hydrogens is 246 g/mol. The molecule has 0 aliphatic rings. The predicted molar refractivity (Wildman–Crippen MR) is 61.7 cm³/mol. The Labute approximate surface area is 103 Å². The van der Waals surface area contributed by atoms with Gasteiger partial charge in [-0.1, -0.05) is 6.92 Å². The van der Waals surface area contributed by atoms with Gasteiger partial charge in [0.1, 0.15) is 6.61 Å². The summed E-state index contributed by atoms with van der Waals surface area (Å²) < 4.78 is 31.6. The van der Waals surface area contributed by atoms with Gasteiger partial charge in [-0.25, -0.2) is 8.78 Å². The number of nitro groups is 1. The molecule has 5 nitrogen and oxygen atoms in total. The predicted octanol–water partition coefficient (Wildman–Crippen LogP) is 2.25. The van der Waals surface area contributed by atoms with E-state index in [0.29, 0.717) is 18.7 Å². The Morgan fingerprint density at radius 1 is 1.33 bits per heavy atom. The summed E-state index contributed by atoms with van der Waals surface area (Å²) in [6.07, 6.45) is 0.945. The van der Waals surface area contributed by atoms with Gasteiger partial charge in [0.25, 0.3) is 5.69 Å². The lowest BCUT2D eigenvalue weighted by atomic mass is 10.3. The van der Waals surface area contributed by atoms with Crippen LogP contribution >= 0.6 is 0 Å². The molecule has 0 radical (unpaired) electrons. The minimum Gasteiger partial charge on any atom is -0.486 e. The second kappa shape index (κ2) is 6.85. The Bertz CT molecular complexity index is 404. The van der Waals surface area contributed by atoms with E-state index in [1.807, 2.05) is 6.92 Å². The van der Waals surface area contributed by atoms with E-state index >= 15 is 0 Å². The Balaban J connectivity index is 2.63. The zero-order valence-corrected chi connectivity index (χ0v) is 9.91. The molecule has 1 aromatic carbocycles. The third-order valence-corrected chi connectivity index (χ3v) is 2.15. The number of hydrogen-bond donors (Lipinski definition) is 1. The topological polar surface area (TPSA) is 64.4 Å². The van der Waals surface area contributed by atoms with Crippen LogP contribution in [0.1, 0.15) is 13.3 Å². The summed E-state index contributed by atoms with van der Waals surface area (Å²) in [5, 5.41) is 13.4. The molecule has 18 heavy (non-hydrogen) atoms. The van der Waals surface area contributed by atoms with Crippen LogP contribution < -0.4 is 10.1 Å². The van der Waals surface area contributed by atoms with Crippen LogP contribution in [0.2, 0.25) is 0 Å². The number of non-ortho nitro benzene ring substituents is 1. The highest BCUT2D eigenvalue weighted by Crippen LogP contribution is 2.26. The third kappa shape index (κ3) is 3.92. The van der Waals surface area contributed by atoms with Crippen molar-refractivity contribution >= 4 is 5.69 Å². The Kier molecular flexibility index (Phi) is 5.44. The van der Waals surface area contributed by atoms with Crippen molar-refractivity contribution in [3.8, 4) is 5.75 Å². The van der Waals surface area contributed by atoms with Crippen LogP contribution in [-0.4, -0.2) is 24.6 Å². The Hall–Kier alpha value is -1.76. The molecule has 0 aliphatic carbocycles. The molecule has 0 saturated carbocycles. The van der Waals surface area contributed by atoms with E-state index in [4.69, 9.17) is 4.74 Å². The molecule has 0 spiro atoms. The van der Waals surface area contributed by atoms with Crippen molar-refractivity contribution in [2.75, 3.05) is 19.7 Å². The molecule has 0 aliphatic heterocycles. The minimum atomic E-state index is -1.07. The maximum atomic E-state index is 13.4. The van der Waals surface area contributed by atoms with Crippen LogP contribution in [-0.2, 0) is 0 Å². The monoisotopic (exact) mass is 260 g/mol. The van der Waals surface area contributed by atoms with Crippen molar-refractivity contribution in [3.63, 3.8) is 0 Å². The van der Waals surface area contributed by atoms with E-state index in [1.165, 1.54) is 0 Å². The van der Waals surface area contributed by atoms with Crippen molar-refractivity contribution in [1.82, 2.24) is 5.32 Å². The molecule has 1 rings (SSSR count). The molecule has 0 unspecified atom stereocenters. The SMILES string of the molecule is CCCNCCOc1c(F)cc([N+](=O)[O-])cc1F. The fourth-order valence-electron chi connectivity index (χ4n) is 1.32. The Morgan fingerprint density at radius 2 is 1.94 bits per heavy atom. The van der Waals surface area contributed by atoms with Gasteiger partial charge >= 0.3 is 0 Å². The molecule has 0 fully saturated rings. The van der Waals surface area contributed by atoms with Crippen LogP contribution in [0.15, 0.2) is 12.1 Å². The minimum absolute atomic E-state index is 0.0889. The largest absolute Gasteiger partial charge is 0.486 e. The van der Waals surface area contributed by atoms with Crippen LogP contribution in [0, 0.1) is 21.7 Å². The van der Waals surface area contributed by atoms with Gasteiger partial charge in [0.05, 0.1) is 17.1 Å². The van der Waals surface area contributed by atoms with Crippen LogP contribution in [0.4, 0.5) is 14.5 Å². The lowest BCUT2D eigenvalue weighted by Gasteiger charge is -2.08. The molecule has 0 aromatic heterocycles. The van der Waals surface area contributed by atoms with Gasteiger partial charge in [0.15, 0.2) is 17.4 Å². The highest BCUT2D eigenvalue weighted by atomic mass is 19.1. The van der Waals surface area contributed by atoms with Gasteiger partial charge < -0.3 is 10.1 Å². The van der Waals surface area contributed by atoms with Crippen molar-refractivity contribution in [2.45, 2.75) is 13.3 Å². The fourth-order valence-corrected chi connectivity index (χ4v) is 1.32. The molecule has 0 bridgehead atoms. The van der Waals surface area contributed by atoms with Crippen molar-refractivity contribution in [2.24, 2.45) is 0 Å². The van der Waals surface area contributed by atoms with E-state index in [2.05, 4.69) is 5.32 Å². The molecule has 7 heteroatoms. The molecular formula is C11H14F2N2O3. The van der Waals surface area contributed by atoms with E-state index in [0.717, 1.165) is 13.0 Å². The molecule has 0 heterocycles. The first-order valence-corrected chi connectivity index (χ1v) is 5.53. The number of benzene rings is 1. The number of nitrogens with one attached hydrogen (secondary N) is 1. The standard InChI is InChI=1S/C11H14F2N2O3/c1-2-3-14-4-5-18-11-9(12)6-8(15(16)17)7-10(11)13/h6-7,14H,2-5H2,1H3. The van der Waals surface area contributed by atoms with Gasteiger partial charge in [-0.3, -0.25) is 10.1 Å². The summed E-state index contributed by atoms with van der Waals surface area (Å²) in [7, 11) is 0. The number of rotatable bonds is 7. The maximum Gasteiger partial charge on any atom is 0.275 e. The number of nitro benzene ring substituents is 1. The number of hydrogen-bond acceptors (Lipinski definition) is 4. The van der Waals surface area contributed by atoms with E-state index in [9.17, 15) is 18.9 Å². The van der Waals surface area contributed by atoms with E-state index < -0.39 is 28.0 Å². The molecule has 1 aromatic rings. The summed E-state index contributed by atoms with van der Waals surface area (Å²) in [4.78, 5) is 9.51. The van der Waals surface area contributed by atoms with Crippen molar-refractivity contribution in [1.29, 1.82) is 0 Å². The van der Waals surface area contributed by atoms with Crippen molar-refractivity contribution < 1.29 is 18.4 Å². The first kappa shape index (κ1) is 14.3. The highest BCUT2D eigenvalue weighted by Gasteiger charge is 2.17. The van der Waals surface area contributed by atoms with Gasteiger partial charge in [-0.15, -0.1) is 0 Å². The Morgan fingerprint density at radius 3 is 2.44 bits per heavy atom. The average Bonchev–Trinajstić information content (AvgIpc) is 2.31. The lowest BCUT2D eigenvalue weighted by molar-refractivity contribution is -0.385. The van der Waals surface area contributed by atoms with Crippen LogP contribution in [0.25, 0.3) is 0 Å². The summed E-state index contributed by atoms with van der Waals surface area (Å²) >= 11 is 0. The van der Waals surface area contributed by atoms with Gasteiger partial charge in [0, 0.05) is 6.54 Å². The number of halogens is 2.